The smallest absolute Gasteiger partial charge is 0.266 e. The van der Waals surface area contributed by atoms with Crippen LogP contribution in [0.25, 0.3) is 0 Å². The van der Waals surface area contributed by atoms with Crippen LogP contribution in [0.5, 0.6) is 0 Å². The van der Waals surface area contributed by atoms with Crippen molar-refractivity contribution in [3.63, 3.8) is 0 Å². The van der Waals surface area contributed by atoms with Crippen molar-refractivity contribution in [1.82, 2.24) is 4.98 Å². The Balaban J connectivity index is 3.31. The van der Waals surface area contributed by atoms with Gasteiger partial charge in [-0.25, -0.2) is 8.78 Å². The molecule has 0 fully saturated rings. The third-order valence-corrected chi connectivity index (χ3v) is 2.73. The quantitative estimate of drug-likeness (QED) is 0.876. The van der Waals surface area contributed by atoms with Crippen molar-refractivity contribution < 1.29 is 13.9 Å². The van der Waals surface area contributed by atoms with Gasteiger partial charge in [0.1, 0.15) is 0 Å². The van der Waals surface area contributed by atoms with E-state index in [0.717, 1.165) is 0 Å². The topological polar surface area (TPSA) is 59.1 Å². The van der Waals surface area contributed by atoms with Crippen LogP contribution in [-0.2, 0) is 13.2 Å². The lowest BCUT2D eigenvalue weighted by Gasteiger charge is -2.11. The molecule has 3 N–H and O–H groups in total. The van der Waals surface area contributed by atoms with Crippen molar-refractivity contribution in [2.24, 2.45) is 5.73 Å². The summed E-state index contributed by atoms with van der Waals surface area (Å²) in [5.41, 5.74) is 5.53. The highest BCUT2D eigenvalue weighted by molar-refractivity contribution is 9.10. The lowest BCUT2D eigenvalue weighted by atomic mass is 10.1. The second-order valence-corrected chi connectivity index (χ2v) is 3.41. The molecule has 0 amide bonds. The molecular formula is C8H9BrF2N2O. The third-order valence-electron chi connectivity index (χ3n) is 1.79. The highest BCUT2D eigenvalue weighted by Gasteiger charge is 2.19. The molecule has 0 atom stereocenters. The number of rotatable bonds is 3. The lowest BCUT2D eigenvalue weighted by molar-refractivity contribution is 0.145. The number of aliphatic hydroxyl groups excluding tert-OH is 1. The number of hydrogen-bond donors (Lipinski definition) is 2. The fourth-order valence-electron chi connectivity index (χ4n) is 1.07. The van der Waals surface area contributed by atoms with E-state index >= 15 is 0 Å². The molecule has 0 aliphatic rings. The number of aliphatic hydroxyl groups is 1. The summed E-state index contributed by atoms with van der Waals surface area (Å²) >= 11 is 3.02. The average molecular weight is 267 g/mol. The molecule has 0 unspecified atom stereocenters. The number of nitrogens with zero attached hydrogens (tertiary/aromatic N) is 1. The molecule has 0 radical (unpaired) electrons. The van der Waals surface area contributed by atoms with Crippen molar-refractivity contribution in [2.75, 3.05) is 0 Å². The van der Waals surface area contributed by atoms with Crippen molar-refractivity contribution >= 4 is 15.9 Å². The number of pyridine rings is 1. The van der Waals surface area contributed by atoms with Crippen LogP contribution in [0.15, 0.2) is 10.7 Å². The first-order valence-electron chi connectivity index (χ1n) is 3.87. The normalized spacial score (nSPS) is 11.0. The SMILES string of the molecule is NCc1cnc(CO)c(C(F)F)c1Br. The van der Waals surface area contributed by atoms with E-state index in [4.69, 9.17) is 10.8 Å². The summed E-state index contributed by atoms with van der Waals surface area (Å²) in [7, 11) is 0. The molecule has 0 bridgehead atoms. The predicted molar refractivity (Wildman–Crippen MR) is 50.7 cm³/mol. The zero-order valence-electron chi connectivity index (χ0n) is 7.17. The van der Waals surface area contributed by atoms with Gasteiger partial charge in [0.2, 0.25) is 0 Å². The molecule has 1 aromatic heterocycles. The third kappa shape index (κ3) is 2.08. The first-order chi connectivity index (χ1) is 6.61. The number of aromatic nitrogens is 1. The van der Waals surface area contributed by atoms with Crippen LogP contribution in [0.1, 0.15) is 23.2 Å². The molecule has 0 aromatic carbocycles. The van der Waals surface area contributed by atoms with Crippen molar-refractivity contribution in [2.45, 2.75) is 19.6 Å². The summed E-state index contributed by atoms with van der Waals surface area (Å²) in [5, 5.41) is 8.81. The molecule has 14 heavy (non-hydrogen) atoms. The second-order valence-electron chi connectivity index (χ2n) is 2.62. The average Bonchev–Trinajstić information content (AvgIpc) is 2.16. The van der Waals surface area contributed by atoms with Gasteiger partial charge in [0.15, 0.2) is 0 Å². The van der Waals surface area contributed by atoms with Crippen LogP contribution < -0.4 is 5.73 Å². The number of hydrogen-bond acceptors (Lipinski definition) is 3. The number of alkyl halides is 2. The monoisotopic (exact) mass is 266 g/mol. The van der Waals surface area contributed by atoms with Crippen molar-refractivity contribution in [3.8, 4) is 0 Å². The van der Waals surface area contributed by atoms with Gasteiger partial charge < -0.3 is 10.8 Å². The first kappa shape index (κ1) is 11.5. The largest absolute Gasteiger partial charge is 0.390 e. The van der Waals surface area contributed by atoms with Crippen LogP contribution in [-0.4, -0.2) is 10.1 Å². The molecule has 1 aromatic rings. The van der Waals surface area contributed by atoms with Gasteiger partial charge in [-0.2, -0.15) is 0 Å². The fraction of sp³-hybridized carbons (Fsp3) is 0.375. The van der Waals surface area contributed by atoms with E-state index in [0.29, 0.717) is 5.56 Å². The van der Waals surface area contributed by atoms with Crippen molar-refractivity contribution in [3.05, 3.63) is 27.5 Å². The maximum atomic E-state index is 12.6. The highest BCUT2D eigenvalue weighted by atomic mass is 79.9. The van der Waals surface area contributed by atoms with E-state index in [-0.39, 0.29) is 22.3 Å². The molecule has 1 rings (SSSR count). The molecule has 3 nitrogen and oxygen atoms in total. The Labute approximate surface area is 88.1 Å². The van der Waals surface area contributed by atoms with Gasteiger partial charge in [0.25, 0.3) is 6.43 Å². The Hall–Kier alpha value is -0.590. The summed E-state index contributed by atoms with van der Waals surface area (Å²) in [6, 6.07) is 0. The summed E-state index contributed by atoms with van der Waals surface area (Å²) in [5.74, 6) is 0. The van der Waals surface area contributed by atoms with Gasteiger partial charge in [-0.05, 0) is 21.5 Å². The molecule has 0 aliphatic carbocycles. The summed E-state index contributed by atoms with van der Waals surface area (Å²) in [6.45, 7) is -0.387. The summed E-state index contributed by atoms with van der Waals surface area (Å²) in [4.78, 5) is 3.71. The van der Waals surface area contributed by atoms with Crippen molar-refractivity contribution in [1.29, 1.82) is 0 Å². The maximum Gasteiger partial charge on any atom is 0.266 e. The van der Waals surface area contributed by atoms with Gasteiger partial charge >= 0.3 is 0 Å². The Morgan fingerprint density at radius 1 is 1.57 bits per heavy atom. The van der Waals surface area contributed by atoms with E-state index in [2.05, 4.69) is 20.9 Å². The first-order valence-corrected chi connectivity index (χ1v) is 4.66. The van der Waals surface area contributed by atoms with E-state index in [1.54, 1.807) is 0 Å². The minimum atomic E-state index is -2.68. The second kappa shape index (κ2) is 4.77. The zero-order valence-corrected chi connectivity index (χ0v) is 8.76. The van der Waals surface area contributed by atoms with E-state index in [9.17, 15) is 8.78 Å². The van der Waals surface area contributed by atoms with Crippen LogP contribution in [0.3, 0.4) is 0 Å². The number of nitrogens with two attached hydrogens (primary N) is 1. The minimum absolute atomic E-state index is 0.0240. The molecular weight excluding hydrogens is 258 g/mol. The fourth-order valence-corrected chi connectivity index (χ4v) is 1.74. The zero-order chi connectivity index (χ0) is 10.7. The molecule has 0 saturated carbocycles. The van der Waals surface area contributed by atoms with Gasteiger partial charge in [0.05, 0.1) is 17.9 Å². The molecule has 1 heterocycles. The molecule has 6 heteroatoms. The lowest BCUT2D eigenvalue weighted by Crippen LogP contribution is -2.06. The molecule has 0 saturated heterocycles. The minimum Gasteiger partial charge on any atom is -0.390 e. The summed E-state index contributed by atoms with van der Waals surface area (Å²) < 4.78 is 25.4. The van der Waals surface area contributed by atoms with Crippen LogP contribution >= 0.6 is 15.9 Å². The van der Waals surface area contributed by atoms with E-state index in [1.807, 2.05) is 0 Å². The summed E-state index contributed by atoms with van der Waals surface area (Å²) in [6.07, 6.45) is -1.30. The van der Waals surface area contributed by atoms with Gasteiger partial charge in [0, 0.05) is 17.2 Å². The van der Waals surface area contributed by atoms with Crippen LogP contribution in [0, 0.1) is 0 Å². The number of halogens is 3. The van der Waals surface area contributed by atoms with Gasteiger partial charge in [-0.3, -0.25) is 4.98 Å². The van der Waals surface area contributed by atoms with Gasteiger partial charge in [-0.1, -0.05) is 0 Å². The Morgan fingerprint density at radius 2 is 2.21 bits per heavy atom. The molecule has 0 spiro atoms. The molecule has 0 aliphatic heterocycles. The van der Waals surface area contributed by atoms with E-state index in [1.165, 1.54) is 6.20 Å². The Morgan fingerprint density at radius 3 is 2.64 bits per heavy atom. The van der Waals surface area contributed by atoms with Crippen LogP contribution in [0.2, 0.25) is 0 Å². The Kier molecular flexibility index (Phi) is 3.91. The molecule has 78 valence electrons. The highest BCUT2D eigenvalue weighted by Crippen LogP contribution is 2.31. The van der Waals surface area contributed by atoms with Crippen LogP contribution in [0.4, 0.5) is 8.78 Å². The van der Waals surface area contributed by atoms with E-state index < -0.39 is 13.0 Å². The van der Waals surface area contributed by atoms with Gasteiger partial charge in [-0.15, -0.1) is 0 Å². The maximum absolute atomic E-state index is 12.6. The Bertz CT molecular complexity index is 333. The standard InChI is InChI=1S/C8H9BrF2N2O/c9-7-4(1-12)2-13-5(3-14)6(7)8(10)11/h2,8,14H,1,3,12H2. The predicted octanol–water partition coefficient (Wildman–Crippen LogP) is 1.73.